The van der Waals surface area contributed by atoms with Gasteiger partial charge in [0.25, 0.3) is 0 Å². The smallest absolute Gasteiger partial charge is 0.0786 e. The Kier molecular flexibility index (Phi) is 4.62. The van der Waals surface area contributed by atoms with Gasteiger partial charge in [-0.3, -0.25) is 0 Å². The lowest BCUT2D eigenvalue weighted by molar-refractivity contribution is 0.281. The lowest BCUT2D eigenvalue weighted by atomic mass is 9.80. The Bertz CT molecular complexity index is 421. The number of para-hydroxylation sites is 1. The van der Waals surface area contributed by atoms with Gasteiger partial charge >= 0.3 is 0 Å². The molecular weight excluding hydrogens is 256 g/mol. The molecule has 19 heavy (non-hydrogen) atoms. The third-order valence-corrected chi connectivity index (χ3v) is 4.28. The number of anilines is 2. The van der Waals surface area contributed by atoms with Crippen molar-refractivity contribution in [2.45, 2.75) is 39.2 Å². The number of nitrogens with one attached hydrogen (secondary N) is 1. The van der Waals surface area contributed by atoms with E-state index >= 15 is 0 Å². The fraction of sp³-hybridized carbons (Fsp3) is 0.625. The van der Waals surface area contributed by atoms with Crippen molar-refractivity contribution in [2.24, 2.45) is 11.8 Å². The van der Waals surface area contributed by atoms with Crippen LogP contribution in [-0.2, 0) is 0 Å². The Hall–Kier alpha value is -0.890. The molecule has 1 aromatic carbocycles. The van der Waals surface area contributed by atoms with Crippen molar-refractivity contribution in [2.75, 3.05) is 24.3 Å². The summed E-state index contributed by atoms with van der Waals surface area (Å²) in [7, 11) is 4.08. The first-order valence-electron chi connectivity index (χ1n) is 7.19. The van der Waals surface area contributed by atoms with E-state index in [1.807, 2.05) is 26.2 Å². The summed E-state index contributed by atoms with van der Waals surface area (Å²) >= 11 is 6.32. The highest BCUT2D eigenvalue weighted by molar-refractivity contribution is 6.34. The molecule has 1 saturated carbocycles. The summed E-state index contributed by atoms with van der Waals surface area (Å²) in [6.07, 6.45) is 3.86. The topological polar surface area (TPSA) is 15.3 Å². The number of nitrogens with zero attached hydrogens (tertiary/aromatic N) is 1. The van der Waals surface area contributed by atoms with E-state index in [4.69, 9.17) is 11.6 Å². The molecule has 106 valence electrons. The highest BCUT2D eigenvalue weighted by atomic mass is 35.5. The zero-order valence-electron chi connectivity index (χ0n) is 12.4. The zero-order valence-corrected chi connectivity index (χ0v) is 13.2. The second-order valence-corrected chi connectivity index (χ2v) is 6.70. The average molecular weight is 281 g/mol. The number of halogens is 1. The van der Waals surface area contributed by atoms with Gasteiger partial charge in [-0.05, 0) is 43.2 Å². The van der Waals surface area contributed by atoms with Crippen molar-refractivity contribution in [1.29, 1.82) is 0 Å². The van der Waals surface area contributed by atoms with Gasteiger partial charge in [0.15, 0.2) is 0 Å². The molecule has 2 unspecified atom stereocenters. The van der Waals surface area contributed by atoms with Crippen LogP contribution < -0.4 is 10.2 Å². The second-order valence-electron chi connectivity index (χ2n) is 6.29. The van der Waals surface area contributed by atoms with Gasteiger partial charge < -0.3 is 10.2 Å². The summed E-state index contributed by atoms with van der Waals surface area (Å²) in [5, 5.41) is 4.52. The van der Waals surface area contributed by atoms with Crippen molar-refractivity contribution >= 4 is 23.0 Å². The number of benzene rings is 1. The Morgan fingerprint density at radius 1 is 1.11 bits per heavy atom. The van der Waals surface area contributed by atoms with Crippen molar-refractivity contribution in [3.63, 3.8) is 0 Å². The fourth-order valence-corrected chi connectivity index (χ4v) is 3.71. The van der Waals surface area contributed by atoms with E-state index in [1.165, 1.54) is 19.3 Å². The van der Waals surface area contributed by atoms with E-state index < -0.39 is 0 Å². The lowest BCUT2D eigenvalue weighted by Crippen LogP contribution is -2.30. The molecule has 0 heterocycles. The van der Waals surface area contributed by atoms with Crippen LogP contribution in [0.25, 0.3) is 0 Å². The Labute approximate surface area is 122 Å². The largest absolute Gasteiger partial charge is 0.381 e. The normalized spacial score (nSPS) is 27.1. The molecule has 1 aromatic rings. The van der Waals surface area contributed by atoms with Crippen LogP contribution in [0.15, 0.2) is 18.2 Å². The molecule has 0 amide bonds. The molecule has 0 aromatic heterocycles. The minimum atomic E-state index is 0.566. The van der Waals surface area contributed by atoms with Gasteiger partial charge in [-0.25, -0.2) is 0 Å². The van der Waals surface area contributed by atoms with Crippen molar-refractivity contribution < 1.29 is 0 Å². The zero-order chi connectivity index (χ0) is 14.0. The summed E-state index contributed by atoms with van der Waals surface area (Å²) in [6, 6.07) is 6.67. The number of hydrogen-bond acceptors (Lipinski definition) is 2. The summed E-state index contributed by atoms with van der Waals surface area (Å²) in [5.74, 6) is 1.62. The van der Waals surface area contributed by atoms with E-state index in [0.717, 1.165) is 28.2 Å². The average Bonchev–Trinajstić information content (AvgIpc) is 2.26. The summed E-state index contributed by atoms with van der Waals surface area (Å²) < 4.78 is 0. The molecule has 0 radical (unpaired) electrons. The second kappa shape index (κ2) is 6.04. The predicted octanol–water partition coefficient (Wildman–Crippen LogP) is 4.64. The van der Waals surface area contributed by atoms with Crippen LogP contribution in [0, 0.1) is 11.8 Å². The molecule has 3 heteroatoms. The van der Waals surface area contributed by atoms with Crippen LogP contribution in [0.1, 0.15) is 33.1 Å². The van der Waals surface area contributed by atoms with Crippen molar-refractivity contribution in [3.05, 3.63) is 23.2 Å². The quantitative estimate of drug-likeness (QED) is 0.867. The van der Waals surface area contributed by atoms with Gasteiger partial charge in [0, 0.05) is 20.1 Å². The maximum absolute atomic E-state index is 6.32. The Morgan fingerprint density at radius 3 is 2.32 bits per heavy atom. The van der Waals surface area contributed by atoms with E-state index in [-0.39, 0.29) is 0 Å². The minimum absolute atomic E-state index is 0.566. The summed E-state index contributed by atoms with van der Waals surface area (Å²) in [4.78, 5) is 2.08. The molecule has 1 aliphatic rings. The van der Waals surface area contributed by atoms with Gasteiger partial charge in [0.2, 0.25) is 0 Å². The van der Waals surface area contributed by atoms with Crippen LogP contribution in [0.4, 0.5) is 11.4 Å². The number of rotatable bonds is 3. The molecule has 0 saturated heterocycles. The van der Waals surface area contributed by atoms with Crippen LogP contribution >= 0.6 is 11.6 Å². The molecule has 2 nitrogen and oxygen atoms in total. The standard InChI is InChI=1S/C16H25ClN2/c1-11-8-12(2)10-13(9-11)18-15-7-5-6-14(17)16(15)19(3)4/h5-7,11-13,18H,8-10H2,1-4H3. The molecule has 0 bridgehead atoms. The van der Waals surface area contributed by atoms with Crippen molar-refractivity contribution in [3.8, 4) is 0 Å². The first-order chi connectivity index (χ1) is 8.97. The Balaban J connectivity index is 2.17. The van der Waals surface area contributed by atoms with Crippen LogP contribution in [0.3, 0.4) is 0 Å². The highest BCUT2D eigenvalue weighted by Crippen LogP contribution is 2.36. The van der Waals surface area contributed by atoms with Gasteiger partial charge in [-0.1, -0.05) is 31.5 Å². The molecule has 2 atom stereocenters. The molecular formula is C16H25ClN2. The first-order valence-corrected chi connectivity index (χ1v) is 7.57. The predicted molar refractivity (Wildman–Crippen MR) is 85.4 cm³/mol. The summed E-state index contributed by atoms with van der Waals surface area (Å²) in [6.45, 7) is 4.71. The molecule has 1 aliphatic carbocycles. The third kappa shape index (κ3) is 3.56. The van der Waals surface area contributed by atoms with Gasteiger partial charge in [0.1, 0.15) is 0 Å². The van der Waals surface area contributed by atoms with Gasteiger partial charge in [-0.2, -0.15) is 0 Å². The maximum Gasteiger partial charge on any atom is 0.0786 e. The monoisotopic (exact) mass is 280 g/mol. The number of hydrogen-bond donors (Lipinski definition) is 1. The van der Waals surface area contributed by atoms with Crippen molar-refractivity contribution in [1.82, 2.24) is 0 Å². The van der Waals surface area contributed by atoms with E-state index in [1.54, 1.807) is 0 Å². The van der Waals surface area contributed by atoms with Crippen LogP contribution in [-0.4, -0.2) is 20.1 Å². The first kappa shape index (κ1) is 14.5. The summed E-state index contributed by atoms with van der Waals surface area (Å²) in [5.41, 5.74) is 2.25. The van der Waals surface area contributed by atoms with Gasteiger partial charge in [-0.15, -0.1) is 0 Å². The molecule has 2 rings (SSSR count). The SMILES string of the molecule is CC1CC(C)CC(Nc2cccc(Cl)c2N(C)C)C1. The maximum atomic E-state index is 6.32. The molecule has 1 N–H and O–H groups in total. The third-order valence-electron chi connectivity index (χ3n) is 3.97. The molecule has 0 aliphatic heterocycles. The molecule has 0 spiro atoms. The van der Waals surface area contributed by atoms with E-state index in [9.17, 15) is 0 Å². The van der Waals surface area contributed by atoms with E-state index in [2.05, 4.69) is 30.1 Å². The highest BCUT2D eigenvalue weighted by Gasteiger charge is 2.24. The van der Waals surface area contributed by atoms with Crippen LogP contribution in [0.5, 0.6) is 0 Å². The lowest BCUT2D eigenvalue weighted by Gasteiger charge is -2.33. The van der Waals surface area contributed by atoms with Crippen LogP contribution in [0.2, 0.25) is 5.02 Å². The Morgan fingerprint density at radius 2 is 1.74 bits per heavy atom. The minimum Gasteiger partial charge on any atom is -0.381 e. The fourth-order valence-electron chi connectivity index (χ4n) is 3.37. The molecule has 1 fully saturated rings. The van der Waals surface area contributed by atoms with Gasteiger partial charge in [0.05, 0.1) is 16.4 Å². The van der Waals surface area contributed by atoms with E-state index in [0.29, 0.717) is 6.04 Å².